The zero-order chi connectivity index (χ0) is 9.97. The van der Waals surface area contributed by atoms with Gasteiger partial charge in [0.2, 0.25) is 0 Å². The van der Waals surface area contributed by atoms with Crippen molar-refractivity contribution < 1.29 is 49.2 Å². The third-order valence-corrected chi connectivity index (χ3v) is 3.26. The summed E-state index contributed by atoms with van der Waals surface area (Å²) in [5, 5.41) is 11.3. The van der Waals surface area contributed by atoms with Crippen LogP contribution in [0, 0.1) is 44.1 Å². The van der Waals surface area contributed by atoms with Crippen LogP contribution in [-0.2, 0) is 6.42 Å². The van der Waals surface area contributed by atoms with Crippen LogP contribution in [0.5, 0.6) is 0 Å². The molecule has 0 fully saturated rings. The van der Waals surface area contributed by atoms with Gasteiger partial charge in [0, 0.05) is 55.1 Å². The Balaban J connectivity index is 0.00000112. The summed E-state index contributed by atoms with van der Waals surface area (Å²) in [6.07, 6.45) is 0.700. The van der Waals surface area contributed by atoms with E-state index in [9.17, 15) is 0 Å². The van der Waals surface area contributed by atoms with Gasteiger partial charge in [0.1, 0.15) is 0 Å². The molecule has 2 rings (SSSR count). The molecule has 1 radical (unpaired) electrons. The van der Waals surface area contributed by atoms with E-state index in [1.54, 1.807) is 0 Å². The summed E-state index contributed by atoms with van der Waals surface area (Å²) >= 11 is 3.57. The Labute approximate surface area is 134 Å². The maximum Gasteiger partial charge on any atom is 0.0471 e. The van der Waals surface area contributed by atoms with Crippen molar-refractivity contribution in [2.24, 2.45) is 0 Å². The predicted octanol–water partition coefficient (Wildman–Crippen LogP) is 3.14. The topological polar surface area (TPSA) is 20.2 Å². The Kier molecular flexibility index (Phi) is 5.78. The van der Waals surface area contributed by atoms with Gasteiger partial charge < -0.3 is 5.11 Å². The van der Waals surface area contributed by atoms with E-state index in [1.807, 2.05) is 12.1 Å². The summed E-state index contributed by atoms with van der Waals surface area (Å²) in [5.74, 6) is 0. The summed E-state index contributed by atoms with van der Waals surface area (Å²) in [5.41, 5.74) is 1.16. The van der Waals surface area contributed by atoms with Gasteiger partial charge in [-0.2, -0.15) is 0 Å². The van der Waals surface area contributed by atoms with Crippen LogP contribution in [0.4, 0.5) is 0 Å². The minimum atomic E-state index is 0. The zero-order valence-electron chi connectivity index (χ0n) is 8.28. The van der Waals surface area contributed by atoms with Crippen molar-refractivity contribution in [3.8, 4) is 0 Å². The first-order valence-electron chi connectivity index (χ1n) is 4.60. The fraction of sp³-hybridized carbons (Fsp3) is 0.167. The molecule has 3 heteroatoms. The van der Waals surface area contributed by atoms with Gasteiger partial charge in [-0.3, -0.25) is 0 Å². The monoisotopic (exact) mass is 477 g/mol. The van der Waals surface area contributed by atoms with Crippen LogP contribution in [0.3, 0.4) is 0 Å². The predicted molar refractivity (Wildman–Crippen MR) is 62.4 cm³/mol. The zero-order valence-corrected chi connectivity index (χ0v) is 14.6. The van der Waals surface area contributed by atoms with Crippen LogP contribution in [0.25, 0.3) is 10.8 Å². The van der Waals surface area contributed by atoms with Gasteiger partial charge in [-0.1, -0.05) is 36.4 Å². The van der Waals surface area contributed by atoms with Gasteiger partial charge in [0.25, 0.3) is 0 Å². The van der Waals surface area contributed by atoms with Crippen molar-refractivity contribution in [3.63, 3.8) is 0 Å². The van der Waals surface area contributed by atoms with E-state index >= 15 is 0 Å². The summed E-state index contributed by atoms with van der Waals surface area (Å²) in [6.45, 7) is 0.191. The fourth-order valence-corrected chi connectivity index (χ4v) is 2.28. The van der Waals surface area contributed by atoms with Crippen molar-refractivity contribution >= 4 is 26.7 Å². The number of aliphatic hydroxyl groups excluding tert-OH is 1. The summed E-state index contributed by atoms with van der Waals surface area (Å²) in [4.78, 5) is 0. The maximum atomic E-state index is 8.90. The van der Waals surface area contributed by atoms with Crippen molar-refractivity contribution in [1.82, 2.24) is 0 Å². The van der Waals surface area contributed by atoms with Gasteiger partial charge >= 0.3 is 0 Å². The van der Waals surface area contributed by atoms with Crippen LogP contribution in [0.1, 0.15) is 5.56 Å². The smallest absolute Gasteiger partial charge is 0.0471 e. The standard InChI is InChI=1S/C12H11BrO.Ac/c13-12-10(7-8-14)6-5-9-3-1-2-4-11(9)12;/h1-6,14H,7-8H2;. The summed E-state index contributed by atoms with van der Waals surface area (Å²) < 4.78 is 1.10. The molecule has 0 aliphatic rings. The van der Waals surface area contributed by atoms with E-state index in [0.29, 0.717) is 6.42 Å². The molecule has 0 heterocycles. The van der Waals surface area contributed by atoms with Crippen molar-refractivity contribution in [3.05, 3.63) is 46.4 Å². The van der Waals surface area contributed by atoms with Crippen LogP contribution >= 0.6 is 15.9 Å². The quantitative estimate of drug-likeness (QED) is 0.704. The van der Waals surface area contributed by atoms with Crippen LogP contribution < -0.4 is 0 Å². The molecule has 2 aromatic carbocycles. The molecular weight excluding hydrogens is 467 g/mol. The number of rotatable bonds is 2. The van der Waals surface area contributed by atoms with Gasteiger partial charge in [0.15, 0.2) is 0 Å². The first-order valence-corrected chi connectivity index (χ1v) is 5.39. The molecule has 0 aromatic heterocycles. The molecule has 1 nitrogen and oxygen atoms in total. The molecule has 0 saturated heterocycles. The normalized spacial score (nSPS) is 10.0. The van der Waals surface area contributed by atoms with Crippen LogP contribution in [-0.4, -0.2) is 11.7 Å². The van der Waals surface area contributed by atoms with E-state index in [2.05, 4.69) is 40.2 Å². The SMILES string of the molecule is OCCc1ccc2ccccc2c1Br.[Ac]. The summed E-state index contributed by atoms with van der Waals surface area (Å²) in [6, 6.07) is 12.4. The molecule has 2 aromatic rings. The minimum Gasteiger partial charge on any atom is -0.396 e. The largest absolute Gasteiger partial charge is 0.396 e. The van der Waals surface area contributed by atoms with Crippen molar-refractivity contribution in [2.75, 3.05) is 6.61 Å². The van der Waals surface area contributed by atoms with Gasteiger partial charge in [0.05, 0.1) is 0 Å². The molecular formula is C12H11AcBrO. The van der Waals surface area contributed by atoms with Crippen LogP contribution in [0.15, 0.2) is 40.9 Å². The molecule has 0 spiro atoms. The Bertz CT molecular complexity index is 456. The molecule has 0 saturated carbocycles. The number of hydrogen-bond donors (Lipinski definition) is 1. The Morgan fingerprint density at radius 2 is 1.80 bits per heavy atom. The van der Waals surface area contributed by atoms with Crippen molar-refractivity contribution in [2.45, 2.75) is 6.42 Å². The number of hydrogen-bond acceptors (Lipinski definition) is 1. The van der Waals surface area contributed by atoms with E-state index in [1.165, 1.54) is 10.8 Å². The fourth-order valence-electron chi connectivity index (χ4n) is 1.59. The molecule has 15 heavy (non-hydrogen) atoms. The van der Waals surface area contributed by atoms with E-state index in [4.69, 9.17) is 5.11 Å². The number of fused-ring (bicyclic) bond motifs is 1. The third kappa shape index (κ3) is 3.03. The van der Waals surface area contributed by atoms with Crippen molar-refractivity contribution in [1.29, 1.82) is 0 Å². The molecule has 0 amide bonds. The number of halogens is 1. The number of benzene rings is 2. The van der Waals surface area contributed by atoms with Gasteiger partial charge in [-0.05, 0) is 38.7 Å². The van der Waals surface area contributed by atoms with Gasteiger partial charge in [-0.15, -0.1) is 0 Å². The first-order chi connectivity index (χ1) is 6.83. The average molecular weight is 478 g/mol. The Morgan fingerprint density at radius 1 is 1.07 bits per heavy atom. The second-order valence-electron chi connectivity index (χ2n) is 3.23. The average Bonchev–Trinajstić information content (AvgIpc) is 2.23. The molecule has 0 bridgehead atoms. The first kappa shape index (κ1) is 13.6. The van der Waals surface area contributed by atoms with E-state index in [-0.39, 0.29) is 50.7 Å². The Hall–Kier alpha value is 0.582. The molecule has 1 N–H and O–H groups in total. The number of aliphatic hydroxyl groups is 1. The second kappa shape index (κ2) is 6.35. The minimum absolute atomic E-state index is 0. The van der Waals surface area contributed by atoms with Crippen LogP contribution in [0.2, 0.25) is 0 Å². The second-order valence-corrected chi connectivity index (χ2v) is 4.03. The van der Waals surface area contributed by atoms with E-state index in [0.717, 1.165) is 10.0 Å². The summed E-state index contributed by atoms with van der Waals surface area (Å²) in [7, 11) is 0. The Morgan fingerprint density at radius 3 is 2.53 bits per heavy atom. The van der Waals surface area contributed by atoms with Gasteiger partial charge in [-0.25, -0.2) is 0 Å². The molecule has 0 unspecified atom stereocenters. The molecule has 0 aliphatic carbocycles. The molecule has 75 valence electrons. The molecule has 0 aliphatic heterocycles. The van der Waals surface area contributed by atoms with E-state index < -0.39 is 0 Å². The molecule has 0 atom stereocenters. The maximum absolute atomic E-state index is 8.90. The third-order valence-electron chi connectivity index (χ3n) is 2.32.